The van der Waals surface area contributed by atoms with Crippen LogP contribution in [0.4, 0.5) is 9.18 Å². The van der Waals surface area contributed by atoms with E-state index in [9.17, 15) is 18.8 Å². The summed E-state index contributed by atoms with van der Waals surface area (Å²) in [7, 11) is 1.38. The Morgan fingerprint density at radius 2 is 1.81 bits per heavy atom. The normalized spacial score (nSPS) is 14.5. The quantitative estimate of drug-likeness (QED) is 0.190. The first-order valence-electron chi connectivity index (χ1n) is 10.5. The number of aryl methyl sites for hydroxylation is 1. The van der Waals surface area contributed by atoms with Gasteiger partial charge >= 0.3 is 5.97 Å². The largest absolute Gasteiger partial charge is 0.493 e. The molecule has 3 aromatic rings. The number of benzene rings is 3. The van der Waals surface area contributed by atoms with Crippen LogP contribution in [0.2, 0.25) is 10.0 Å². The highest BCUT2D eigenvalue weighted by atomic mass is 35.5. The van der Waals surface area contributed by atoms with E-state index in [0.717, 1.165) is 10.5 Å². The summed E-state index contributed by atoms with van der Waals surface area (Å²) in [5.74, 6) is -1.65. The Morgan fingerprint density at radius 3 is 2.47 bits per heavy atom. The van der Waals surface area contributed by atoms with E-state index in [1.165, 1.54) is 43.5 Å². The van der Waals surface area contributed by atoms with Crippen LogP contribution in [0.25, 0.3) is 6.08 Å². The van der Waals surface area contributed by atoms with E-state index in [-0.39, 0.29) is 38.6 Å². The van der Waals surface area contributed by atoms with Crippen molar-refractivity contribution >= 4 is 58.2 Å². The zero-order valence-electron chi connectivity index (χ0n) is 19.0. The number of thioether (sulfide) groups is 1. The van der Waals surface area contributed by atoms with Crippen molar-refractivity contribution in [1.82, 2.24) is 4.90 Å². The number of ether oxygens (including phenoxy) is 2. The molecule has 2 amide bonds. The second kappa shape index (κ2) is 10.7. The number of hydrogen-bond acceptors (Lipinski definition) is 6. The van der Waals surface area contributed by atoms with Crippen LogP contribution < -0.4 is 9.47 Å². The van der Waals surface area contributed by atoms with Crippen molar-refractivity contribution in [3.8, 4) is 11.5 Å². The van der Waals surface area contributed by atoms with E-state index >= 15 is 0 Å². The molecule has 1 saturated heterocycles. The number of esters is 1. The minimum atomic E-state index is -0.615. The molecule has 0 bridgehead atoms. The minimum absolute atomic E-state index is 0.0178. The third-order valence-corrected chi connectivity index (χ3v) is 6.83. The Kier molecular flexibility index (Phi) is 7.68. The molecular formula is C26H18Cl2FNO5S. The monoisotopic (exact) mass is 545 g/mol. The molecule has 0 aliphatic carbocycles. The summed E-state index contributed by atoms with van der Waals surface area (Å²) in [6.07, 6.45) is 1.45. The average Bonchev–Trinajstić information content (AvgIpc) is 3.10. The van der Waals surface area contributed by atoms with Crippen molar-refractivity contribution in [2.24, 2.45) is 0 Å². The lowest BCUT2D eigenvalue weighted by Crippen LogP contribution is -2.28. The highest BCUT2D eigenvalue weighted by Crippen LogP contribution is 2.40. The van der Waals surface area contributed by atoms with Crippen LogP contribution in [-0.4, -0.2) is 29.1 Å². The molecular weight excluding hydrogens is 528 g/mol. The van der Waals surface area contributed by atoms with Gasteiger partial charge in [-0.15, -0.1) is 0 Å². The van der Waals surface area contributed by atoms with Gasteiger partial charge in [0.1, 0.15) is 5.82 Å². The van der Waals surface area contributed by atoms with Gasteiger partial charge in [0, 0.05) is 10.6 Å². The van der Waals surface area contributed by atoms with E-state index in [2.05, 4.69) is 0 Å². The van der Waals surface area contributed by atoms with Crippen LogP contribution in [0.15, 0.2) is 59.5 Å². The van der Waals surface area contributed by atoms with Crippen LogP contribution in [0.1, 0.15) is 27.0 Å². The van der Waals surface area contributed by atoms with E-state index in [1.807, 2.05) is 6.92 Å². The molecule has 184 valence electrons. The van der Waals surface area contributed by atoms with Gasteiger partial charge in [0.2, 0.25) is 0 Å². The Morgan fingerprint density at radius 1 is 1.08 bits per heavy atom. The predicted molar refractivity (Wildman–Crippen MR) is 137 cm³/mol. The second-order valence-corrected chi connectivity index (χ2v) is 9.57. The molecule has 0 saturated carbocycles. The molecule has 1 aliphatic rings. The Hall–Kier alpha value is -3.33. The van der Waals surface area contributed by atoms with Gasteiger partial charge in [-0.3, -0.25) is 14.5 Å². The Labute approximate surface area is 220 Å². The van der Waals surface area contributed by atoms with Gasteiger partial charge in [-0.1, -0.05) is 47.0 Å². The maximum Gasteiger partial charge on any atom is 0.343 e. The number of carbonyl (C=O) groups excluding carboxylic acids is 3. The summed E-state index contributed by atoms with van der Waals surface area (Å²) in [6.45, 7) is 1.60. The first-order valence-corrected chi connectivity index (χ1v) is 12.1. The van der Waals surface area contributed by atoms with Crippen LogP contribution in [-0.2, 0) is 11.3 Å². The lowest BCUT2D eigenvalue weighted by atomic mass is 10.1. The lowest BCUT2D eigenvalue weighted by molar-refractivity contribution is -0.123. The average molecular weight is 546 g/mol. The fraction of sp³-hybridized carbons (Fsp3) is 0.115. The maximum atomic E-state index is 14.2. The van der Waals surface area contributed by atoms with Gasteiger partial charge in [-0.25, -0.2) is 9.18 Å². The summed E-state index contributed by atoms with van der Waals surface area (Å²) in [6, 6.07) is 14.0. The van der Waals surface area contributed by atoms with Gasteiger partial charge in [0.25, 0.3) is 11.1 Å². The van der Waals surface area contributed by atoms with Gasteiger partial charge in [-0.2, -0.15) is 0 Å². The SMILES string of the molecule is COc1cc(/C=C2\SC(=O)N(Cc3c(F)cccc3Cl)C2=O)cc(Cl)c1OC(=O)c1ccc(C)cc1. The number of carbonyl (C=O) groups is 3. The zero-order valence-corrected chi connectivity index (χ0v) is 21.3. The van der Waals surface area contributed by atoms with Crippen LogP contribution in [0.3, 0.4) is 0 Å². The van der Waals surface area contributed by atoms with Crippen molar-refractivity contribution in [2.75, 3.05) is 7.11 Å². The molecule has 6 nitrogen and oxygen atoms in total. The van der Waals surface area contributed by atoms with Gasteiger partial charge in [0.05, 0.1) is 29.1 Å². The van der Waals surface area contributed by atoms with Crippen molar-refractivity contribution in [3.63, 3.8) is 0 Å². The van der Waals surface area contributed by atoms with Gasteiger partial charge in [-0.05, 0) is 66.7 Å². The first kappa shape index (κ1) is 25.8. The molecule has 1 aliphatic heterocycles. The standard InChI is InChI=1S/C26H18Cl2FNO5S/c1-14-6-8-16(9-7-14)25(32)35-23-19(28)10-15(11-21(23)34-2)12-22-24(31)30(26(33)36-22)13-17-18(27)4-3-5-20(17)29/h3-12H,13H2,1-2H3/b22-12-. The topological polar surface area (TPSA) is 72.9 Å². The predicted octanol–water partition coefficient (Wildman–Crippen LogP) is 6.91. The molecule has 36 heavy (non-hydrogen) atoms. The molecule has 0 spiro atoms. The molecule has 1 heterocycles. The molecule has 0 N–H and O–H groups in total. The van der Waals surface area contributed by atoms with E-state index in [4.69, 9.17) is 32.7 Å². The molecule has 0 unspecified atom stereocenters. The second-order valence-electron chi connectivity index (χ2n) is 7.76. The molecule has 0 aromatic heterocycles. The molecule has 0 radical (unpaired) electrons. The fourth-order valence-electron chi connectivity index (χ4n) is 3.39. The van der Waals surface area contributed by atoms with E-state index in [1.54, 1.807) is 24.3 Å². The van der Waals surface area contributed by atoms with Crippen LogP contribution in [0.5, 0.6) is 11.5 Å². The smallest absolute Gasteiger partial charge is 0.343 e. The first-order chi connectivity index (χ1) is 17.2. The van der Waals surface area contributed by atoms with Crippen molar-refractivity contribution in [1.29, 1.82) is 0 Å². The highest BCUT2D eigenvalue weighted by Gasteiger charge is 2.36. The van der Waals surface area contributed by atoms with Gasteiger partial charge in [0.15, 0.2) is 11.5 Å². The van der Waals surface area contributed by atoms with Gasteiger partial charge < -0.3 is 9.47 Å². The van der Waals surface area contributed by atoms with E-state index in [0.29, 0.717) is 22.9 Å². The number of rotatable bonds is 6. The van der Waals surface area contributed by atoms with Crippen molar-refractivity contribution in [2.45, 2.75) is 13.5 Å². The summed E-state index contributed by atoms with van der Waals surface area (Å²) in [4.78, 5) is 39.0. The Balaban J connectivity index is 1.58. The number of hydrogen-bond donors (Lipinski definition) is 0. The van der Waals surface area contributed by atoms with Crippen molar-refractivity contribution in [3.05, 3.63) is 97.6 Å². The summed E-state index contributed by atoms with van der Waals surface area (Å²) in [5, 5.41) is -0.379. The summed E-state index contributed by atoms with van der Waals surface area (Å²) >= 11 is 13.1. The van der Waals surface area contributed by atoms with Crippen LogP contribution in [0, 0.1) is 12.7 Å². The Bertz CT molecular complexity index is 1390. The third kappa shape index (κ3) is 5.41. The number of imide groups is 1. The number of amides is 2. The molecule has 4 rings (SSSR count). The minimum Gasteiger partial charge on any atom is -0.493 e. The number of methoxy groups -OCH3 is 1. The summed E-state index contributed by atoms with van der Waals surface area (Å²) in [5.41, 5.74) is 1.81. The van der Waals surface area contributed by atoms with Crippen molar-refractivity contribution < 1.29 is 28.2 Å². The molecule has 1 fully saturated rings. The summed E-state index contributed by atoms with van der Waals surface area (Å²) < 4.78 is 25.0. The van der Waals surface area contributed by atoms with Crippen LogP contribution >= 0.6 is 35.0 Å². The maximum absolute atomic E-state index is 14.2. The number of nitrogens with zero attached hydrogens (tertiary/aromatic N) is 1. The third-order valence-electron chi connectivity index (χ3n) is 5.28. The molecule has 0 atom stereocenters. The number of halogens is 3. The molecule has 10 heteroatoms. The molecule has 3 aromatic carbocycles. The lowest BCUT2D eigenvalue weighted by Gasteiger charge is -2.14. The van der Waals surface area contributed by atoms with E-state index < -0.39 is 22.9 Å². The fourth-order valence-corrected chi connectivity index (χ4v) is 4.71. The highest BCUT2D eigenvalue weighted by molar-refractivity contribution is 8.18. The zero-order chi connectivity index (χ0) is 26.0.